The van der Waals surface area contributed by atoms with E-state index in [0.29, 0.717) is 0 Å². The lowest BCUT2D eigenvalue weighted by molar-refractivity contribution is -0.141. The van der Waals surface area contributed by atoms with Crippen LogP contribution in [0.15, 0.2) is 12.5 Å². The maximum absolute atomic E-state index is 12.1. The largest absolute Gasteiger partial charge is 0.433 e. The summed E-state index contributed by atoms with van der Waals surface area (Å²) in [7, 11) is 0. The summed E-state index contributed by atoms with van der Waals surface area (Å²) in [4.78, 5) is 6.64. The van der Waals surface area contributed by atoms with Gasteiger partial charge in [0.15, 0.2) is 5.69 Å². The molecule has 0 aliphatic rings. The number of rotatable bonds is 1. The van der Waals surface area contributed by atoms with Crippen molar-refractivity contribution in [3.05, 3.63) is 30.2 Å². The van der Waals surface area contributed by atoms with Crippen LogP contribution in [0.1, 0.15) is 18.2 Å². The van der Waals surface area contributed by atoms with Crippen molar-refractivity contribution in [1.82, 2.24) is 9.97 Å². The Labute approximate surface area is 67.5 Å². The van der Waals surface area contributed by atoms with Gasteiger partial charge in [0.1, 0.15) is 6.33 Å². The van der Waals surface area contributed by atoms with Crippen LogP contribution in [0.4, 0.5) is 13.2 Å². The first-order valence-corrected chi connectivity index (χ1v) is 3.22. The predicted octanol–water partition coefficient (Wildman–Crippen LogP) is 2.07. The molecule has 2 nitrogen and oxygen atoms in total. The van der Waals surface area contributed by atoms with E-state index in [2.05, 4.69) is 9.97 Å². The third-order valence-electron chi connectivity index (χ3n) is 1.32. The summed E-state index contributed by atoms with van der Waals surface area (Å²) in [6.45, 7) is 1.51. The van der Waals surface area contributed by atoms with Crippen LogP contribution in [-0.4, -0.2) is 9.97 Å². The summed E-state index contributed by atoms with van der Waals surface area (Å²) in [5, 5.41) is 0. The molecule has 0 bridgehead atoms. The molecule has 1 aromatic rings. The second kappa shape index (κ2) is 3.08. The fraction of sp³-hybridized carbons (Fsp3) is 0.286. The van der Waals surface area contributed by atoms with Gasteiger partial charge in [0.2, 0.25) is 0 Å². The Balaban J connectivity index is 3.14. The predicted molar refractivity (Wildman–Crippen MR) is 36.1 cm³/mol. The lowest BCUT2D eigenvalue weighted by atomic mass is 10.2. The first-order valence-electron chi connectivity index (χ1n) is 3.22. The lowest BCUT2D eigenvalue weighted by Crippen LogP contribution is -2.11. The van der Waals surface area contributed by atoms with Gasteiger partial charge in [-0.25, -0.2) is 9.97 Å². The third-order valence-corrected chi connectivity index (χ3v) is 1.32. The van der Waals surface area contributed by atoms with Crippen molar-refractivity contribution in [3.8, 4) is 0 Å². The number of hydrogen-bond acceptors (Lipinski definition) is 2. The molecule has 1 rings (SSSR count). The highest BCUT2D eigenvalue weighted by Crippen LogP contribution is 2.29. The summed E-state index contributed by atoms with van der Waals surface area (Å²) in [5.41, 5.74) is -0.884. The Morgan fingerprint density at radius 3 is 2.50 bits per heavy atom. The number of nitrogens with zero attached hydrogens (tertiary/aromatic N) is 2. The Kier molecular flexibility index (Phi) is 2.30. The van der Waals surface area contributed by atoms with E-state index < -0.39 is 11.9 Å². The standard InChI is InChI=1S/C7H6F3N2/c1-2-5-3-11-4-12-6(5)7(8,9)10/h2-4H,1H3. The molecule has 0 saturated carbocycles. The van der Waals surface area contributed by atoms with E-state index in [1.165, 1.54) is 13.3 Å². The maximum Gasteiger partial charge on any atom is 0.433 e. The fourth-order valence-corrected chi connectivity index (χ4v) is 0.788. The van der Waals surface area contributed by atoms with E-state index in [4.69, 9.17) is 0 Å². The first kappa shape index (κ1) is 8.96. The molecular weight excluding hydrogens is 169 g/mol. The molecule has 12 heavy (non-hydrogen) atoms. The van der Waals surface area contributed by atoms with E-state index in [0.717, 1.165) is 12.5 Å². The summed E-state index contributed by atoms with van der Waals surface area (Å²) >= 11 is 0. The molecule has 1 radical (unpaired) electrons. The Morgan fingerprint density at radius 1 is 1.42 bits per heavy atom. The van der Waals surface area contributed by atoms with Crippen LogP contribution in [-0.2, 0) is 6.18 Å². The molecule has 0 spiro atoms. The normalized spacial score (nSPS) is 11.7. The van der Waals surface area contributed by atoms with Gasteiger partial charge in [-0.05, 0) is 6.42 Å². The van der Waals surface area contributed by atoms with Crippen molar-refractivity contribution in [2.45, 2.75) is 13.1 Å². The van der Waals surface area contributed by atoms with E-state index in [1.807, 2.05) is 0 Å². The zero-order valence-electron chi connectivity index (χ0n) is 6.26. The van der Waals surface area contributed by atoms with E-state index in [9.17, 15) is 13.2 Å². The number of halogens is 3. The van der Waals surface area contributed by atoms with Gasteiger partial charge in [0.05, 0.1) is 0 Å². The summed E-state index contributed by atoms with van der Waals surface area (Å²) in [6, 6.07) is 0. The Bertz CT molecular complexity index is 270. The fourth-order valence-electron chi connectivity index (χ4n) is 0.788. The second-order valence-corrected chi connectivity index (χ2v) is 2.11. The molecule has 0 amide bonds. The molecule has 5 heteroatoms. The van der Waals surface area contributed by atoms with Crippen molar-refractivity contribution < 1.29 is 13.2 Å². The highest BCUT2D eigenvalue weighted by atomic mass is 19.4. The lowest BCUT2D eigenvalue weighted by Gasteiger charge is -2.08. The quantitative estimate of drug-likeness (QED) is 0.652. The number of aromatic nitrogens is 2. The monoisotopic (exact) mass is 175 g/mol. The summed E-state index contributed by atoms with van der Waals surface area (Å²) in [5.74, 6) is 0. The van der Waals surface area contributed by atoms with Crippen molar-refractivity contribution in [2.24, 2.45) is 0 Å². The minimum atomic E-state index is -4.40. The van der Waals surface area contributed by atoms with Crippen LogP contribution in [0.5, 0.6) is 0 Å². The summed E-state index contributed by atoms with van der Waals surface area (Å²) in [6.07, 6.45) is -1.06. The van der Waals surface area contributed by atoms with Gasteiger partial charge >= 0.3 is 6.18 Å². The molecule has 0 N–H and O–H groups in total. The van der Waals surface area contributed by atoms with Crippen molar-refractivity contribution in [1.29, 1.82) is 0 Å². The minimum Gasteiger partial charge on any atom is -0.244 e. The van der Waals surface area contributed by atoms with Crippen LogP contribution in [0.25, 0.3) is 0 Å². The van der Waals surface area contributed by atoms with Crippen molar-refractivity contribution in [2.75, 3.05) is 0 Å². The van der Waals surface area contributed by atoms with Gasteiger partial charge in [-0.2, -0.15) is 13.2 Å². The number of hydrogen-bond donors (Lipinski definition) is 0. The van der Waals surface area contributed by atoms with Gasteiger partial charge < -0.3 is 0 Å². The Hall–Kier alpha value is -1.13. The topological polar surface area (TPSA) is 25.8 Å². The van der Waals surface area contributed by atoms with Crippen LogP contribution < -0.4 is 0 Å². The zero-order chi connectivity index (χ0) is 9.19. The molecule has 1 heterocycles. The Morgan fingerprint density at radius 2 is 2.08 bits per heavy atom. The smallest absolute Gasteiger partial charge is 0.244 e. The van der Waals surface area contributed by atoms with E-state index >= 15 is 0 Å². The van der Waals surface area contributed by atoms with Gasteiger partial charge in [-0.3, -0.25) is 0 Å². The zero-order valence-corrected chi connectivity index (χ0v) is 6.26. The molecule has 65 valence electrons. The molecule has 0 aliphatic carbocycles. The van der Waals surface area contributed by atoms with Crippen LogP contribution in [0.2, 0.25) is 0 Å². The average Bonchev–Trinajstić information content (AvgIpc) is 2.03. The maximum atomic E-state index is 12.1. The minimum absolute atomic E-state index is 0.00463. The van der Waals surface area contributed by atoms with Crippen LogP contribution >= 0.6 is 0 Å². The van der Waals surface area contributed by atoms with Gasteiger partial charge in [-0.15, -0.1) is 0 Å². The molecule has 0 atom stereocenters. The average molecular weight is 175 g/mol. The number of alkyl halides is 3. The van der Waals surface area contributed by atoms with Crippen molar-refractivity contribution >= 4 is 0 Å². The highest BCUT2D eigenvalue weighted by molar-refractivity contribution is 5.25. The second-order valence-electron chi connectivity index (χ2n) is 2.11. The molecular formula is C7H6F3N2. The molecule has 0 unspecified atom stereocenters. The van der Waals surface area contributed by atoms with E-state index in [1.54, 1.807) is 0 Å². The van der Waals surface area contributed by atoms with Crippen molar-refractivity contribution in [3.63, 3.8) is 0 Å². The first-order chi connectivity index (χ1) is 5.55. The van der Waals surface area contributed by atoms with Gasteiger partial charge in [0.25, 0.3) is 0 Å². The molecule has 0 aliphatic heterocycles. The van der Waals surface area contributed by atoms with Gasteiger partial charge in [0, 0.05) is 11.8 Å². The molecule has 0 saturated heterocycles. The SMILES string of the molecule is C[CH]c1cncnc1C(F)(F)F. The molecule has 0 fully saturated rings. The highest BCUT2D eigenvalue weighted by Gasteiger charge is 2.34. The molecule has 1 aromatic heterocycles. The van der Waals surface area contributed by atoms with Gasteiger partial charge in [-0.1, -0.05) is 6.92 Å². The third kappa shape index (κ3) is 1.72. The van der Waals surface area contributed by atoms with E-state index in [-0.39, 0.29) is 5.56 Å². The van der Waals surface area contributed by atoms with Crippen LogP contribution in [0.3, 0.4) is 0 Å². The summed E-state index contributed by atoms with van der Waals surface area (Å²) < 4.78 is 36.4. The van der Waals surface area contributed by atoms with Crippen LogP contribution in [0, 0.1) is 6.42 Å². The molecule has 0 aromatic carbocycles.